The van der Waals surface area contributed by atoms with E-state index in [1.54, 1.807) is 4.90 Å². The van der Waals surface area contributed by atoms with Crippen LogP contribution in [0.15, 0.2) is 42.5 Å². The van der Waals surface area contributed by atoms with Gasteiger partial charge in [0, 0.05) is 37.8 Å². The average molecular weight is 427 g/mol. The maximum Gasteiger partial charge on any atom is 0.410 e. The summed E-state index contributed by atoms with van der Waals surface area (Å²) >= 11 is 0. The Labute approximate surface area is 184 Å². The van der Waals surface area contributed by atoms with Crippen LogP contribution in [0, 0.1) is 0 Å². The lowest BCUT2D eigenvalue weighted by atomic mass is 10.0. The number of hydrogen-bond acceptors (Lipinski definition) is 4. The first kappa shape index (κ1) is 23.1. The Hall–Kier alpha value is -2.60. The molecule has 1 aliphatic rings. The number of benzene rings is 2. The van der Waals surface area contributed by atoms with E-state index in [1.165, 1.54) is 0 Å². The van der Waals surface area contributed by atoms with Crippen LogP contribution in [0.5, 0.6) is 0 Å². The van der Waals surface area contributed by atoms with E-state index >= 15 is 0 Å². The van der Waals surface area contributed by atoms with Crippen LogP contribution in [0.3, 0.4) is 0 Å². The van der Waals surface area contributed by atoms with E-state index in [2.05, 4.69) is 0 Å². The molecular weight excluding hydrogens is 392 g/mol. The van der Waals surface area contributed by atoms with E-state index in [0.29, 0.717) is 31.6 Å². The Kier molecular flexibility index (Phi) is 7.55. The minimum Gasteiger partial charge on any atom is -0.444 e. The first-order valence-electron chi connectivity index (χ1n) is 11.2. The second-order valence-electron chi connectivity index (χ2n) is 9.19. The SMILES string of the molecule is CC(C)(C)OC(=O)N1CCC(N(CCCCO)C(=O)c2ccc3ccccc3c2)CC1. The molecule has 0 spiro atoms. The highest BCUT2D eigenvalue weighted by molar-refractivity contribution is 5.98. The summed E-state index contributed by atoms with van der Waals surface area (Å²) < 4.78 is 5.49. The Morgan fingerprint density at radius 3 is 2.39 bits per heavy atom. The average Bonchev–Trinajstić information content (AvgIpc) is 2.75. The molecule has 3 rings (SSSR count). The topological polar surface area (TPSA) is 70.1 Å². The van der Waals surface area contributed by atoms with Crippen LogP contribution in [-0.2, 0) is 4.74 Å². The molecule has 0 atom stereocenters. The first-order valence-corrected chi connectivity index (χ1v) is 11.2. The molecule has 6 heteroatoms. The fourth-order valence-electron chi connectivity index (χ4n) is 4.02. The Balaban J connectivity index is 1.71. The van der Waals surface area contributed by atoms with Gasteiger partial charge >= 0.3 is 6.09 Å². The lowest BCUT2D eigenvalue weighted by Gasteiger charge is -2.39. The molecule has 1 fully saturated rings. The minimum atomic E-state index is -0.518. The molecule has 2 amide bonds. The molecule has 0 aliphatic carbocycles. The van der Waals surface area contributed by atoms with E-state index in [1.807, 2.05) is 68.1 Å². The highest BCUT2D eigenvalue weighted by Gasteiger charge is 2.31. The monoisotopic (exact) mass is 426 g/mol. The third kappa shape index (κ3) is 6.20. The number of fused-ring (bicyclic) bond motifs is 1. The molecule has 0 bridgehead atoms. The van der Waals surface area contributed by atoms with Gasteiger partial charge in [0.25, 0.3) is 5.91 Å². The van der Waals surface area contributed by atoms with Crippen molar-refractivity contribution in [1.82, 2.24) is 9.80 Å². The van der Waals surface area contributed by atoms with Gasteiger partial charge in [0.05, 0.1) is 0 Å². The second kappa shape index (κ2) is 10.1. The number of unbranched alkanes of at least 4 members (excludes halogenated alkanes) is 1. The van der Waals surface area contributed by atoms with E-state index in [-0.39, 0.29) is 24.6 Å². The molecule has 168 valence electrons. The summed E-state index contributed by atoms with van der Waals surface area (Å²) in [5.41, 5.74) is 0.160. The van der Waals surface area contributed by atoms with Gasteiger partial charge in [-0.05, 0) is 69.4 Å². The van der Waals surface area contributed by atoms with Crippen LogP contribution in [0.2, 0.25) is 0 Å². The molecule has 1 saturated heterocycles. The van der Waals surface area contributed by atoms with Crippen molar-refractivity contribution >= 4 is 22.8 Å². The van der Waals surface area contributed by atoms with Crippen LogP contribution in [0.1, 0.15) is 56.8 Å². The van der Waals surface area contributed by atoms with E-state index in [9.17, 15) is 14.7 Å². The maximum absolute atomic E-state index is 13.4. The number of likely N-dealkylation sites (tertiary alicyclic amines) is 1. The predicted octanol–water partition coefficient (Wildman–Crippen LogP) is 4.45. The number of rotatable bonds is 6. The van der Waals surface area contributed by atoms with Gasteiger partial charge in [0.15, 0.2) is 0 Å². The van der Waals surface area contributed by atoms with Crippen LogP contribution in [-0.4, -0.2) is 64.8 Å². The molecule has 0 saturated carbocycles. The van der Waals surface area contributed by atoms with E-state index in [4.69, 9.17) is 4.74 Å². The lowest BCUT2D eigenvalue weighted by molar-refractivity contribution is 0.0145. The number of piperidine rings is 1. The summed E-state index contributed by atoms with van der Waals surface area (Å²) in [6.45, 7) is 7.45. The second-order valence-corrected chi connectivity index (χ2v) is 9.19. The number of aliphatic hydroxyl groups excluding tert-OH is 1. The highest BCUT2D eigenvalue weighted by atomic mass is 16.6. The summed E-state index contributed by atoms with van der Waals surface area (Å²) in [5, 5.41) is 11.3. The van der Waals surface area contributed by atoms with Crippen molar-refractivity contribution in [1.29, 1.82) is 0 Å². The molecule has 1 aliphatic heterocycles. The molecule has 31 heavy (non-hydrogen) atoms. The van der Waals surface area contributed by atoms with Gasteiger partial charge in [-0.15, -0.1) is 0 Å². The zero-order valence-corrected chi connectivity index (χ0v) is 18.8. The predicted molar refractivity (Wildman–Crippen MR) is 122 cm³/mol. The minimum absolute atomic E-state index is 0.0133. The zero-order chi connectivity index (χ0) is 22.4. The van der Waals surface area contributed by atoms with Crippen molar-refractivity contribution in [3.63, 3.8) is 0 Å². The summed E-state index contributed by atoms with van der Waals surface area (Å²) in [7, 11) is 0. The molecular formula is C25H34N2O4. The summed E-state index contributed by atoms with van der Waals surface area (Å²) in [5.74, 6) is 0.0133. The van der Waals surface area contributed by atoms with Gasteiger partial charge in [0.1, 0.15) is 5.60 Å². The van der Waals surface area contributed by atoms with Gasteiger partial charge in [-0.25, -0.2) is 4.79 Å². The van der Waals surface area contributed by atoms with Crippen LogP contribution >= 0.6 is 0 Å². The number of amides is 2. The van der Waals surface area contributed by atoms with Gasteiger partial charge in [0.2, 0.25) is 0 Å². The molecule has 6 nitrogen and oxygen atoms in total. The lowest BCUT2D eigenvalue weighted by Crippen LogP contribution is -2.50. The van der Waals surface area contributed by atoms with Gasteiger partial charge in [-0.1, -0.05) is 30.3 Å². The van der Waals surface area contributed by atoms with Crippen LogP contribution < -0.4 is 0 Å². The number of ether oxygens (including phenoxy) is 1. The Morgan fingerprint density at radius 1 is 1.06 bits per heavy atom. The van der Waals surface area contributed by atoms with Crippen molar-refractivity contribution in [2.24, 2.45) is 0 Å². The van der Waals surface area contributed by atoms with Crippen molar-refractivity contribution in [3.05, 3.63) is 48.0 Å². The van der Waals surface area contributed by atoms with Crippen molar-refractivity contribution < 1.29 is 19.4 Å². The molecule has 2 aromatic carbocycles. The number of carbonyl (C=O) groups is 2. The van der Waals surface area contributed by atoms with Crippen LogP contribution in [0.4, 0.5) is 4.79 Å². The Morgan fingerprint density at radius 2 is 1.74 bits per heavy atom. The summed E-state index contributed by atoms with van der Waals surface area (Å²) in [6.07, 6.45) is 2.56. The summed E-state index contributed by atoms with van der Waals surface area (Å²) in [4.78, 5) is 29.5. The molecule has 1 N–H and O–H groups in total. The number of aliphatic hydroxyl groups is 1. The van der Waals surface area contributed by atoms with E-state index < -0.39 is 5.60 Å². The third-order valence-corrected chi connectivity index (χ3v) is 5.62. The number of carbonyl (C=O) groups excluding carboxylic acids is 2. The fraction of sp³-hybridized carbons (Fsp3) is 0.520. The highest BCUT2D eigenvalue weighted by Crippen LogP contribution is 2.23. The summed E-state index contributed by atoms with van der Waals surface area (Å²) in [6, 6.07) is 13.9. The van der Waals surface area contributed by atoms with Crippen molar-refractivity contribution in [2.45, 2.75) is 58.1 Å². The normalized spacial score (nSPS) is 15.2. The fourth-order valence-corrected chi connectivity index (χ4v) is 4.02. The molecule has 0 aromatic heterocycles. The first-order chi connectivity index (χ1) is 14.8. The molecule has 0 radical (unpaired) electrons. The molecule has 0 unspecified atom stereocenters. The Bertz CT molecular complexity index is 898. The molecule has 2 aromatic rings. The standard InChI is InChI=1S/C25H34N2O4/c1-25(2,3)31-24(30)26-15-12-22(13-16-26)27(14-6-7-17-28)23(29)21-11-10-19-8-4-5-9-20(19)18-21/h4-5,8-11,18,22,28H,6-7,12-17H2,1-3H3. The van der Waals surface area contributed by atoms with E-state index in [0.717, 1.165) is 30.0 Å². The van der Waals surface area contributed by atoms with Gasteiger partial charge < -0.3 is 19.6 Å². The number of nitrogens with zero attached hydrogens (tertiary/aromatic N) is 2. The van der Waals surface area contributed by atoms with Crippen molar-refractivity contribution in [3.8, 4) is 0 Å². The molecule has 1 heterocycles. The zero-order valence-electron chi connectivity index (χ0n) is 18.8. The third-order valence-electron chi connectivity index (χ3n) is 5.62. The van der Waals surface area contributed by atoms with Crippen LogP contribution in [0.25, 0.3) is 10.8 Å². The van der Waals surface area contributed by atoms with Crippen molar-refractivity contribution in [2.75, 3.05) is 26.2 Å². The smallest absolute Gasteiger partial charge is 0.410 e. The van der Waals surface area contributed by atoms with Gasteiger partial charge in [-0.3, -0.25) is 4.79 Å². The van der Waals surface area contributed by atoms with Gasteiger partial charge in [-0.2, -0.15) is 0 Å². The largest absolute Gasteiger partial charge is 0.444 e. The maximum atomic E-state index is 13.4. The quantitative estimate of drug-likeness (QED) is 0.693. The number of hydrogen-bond donors (Lipinski definition) is 1.